The van der Waals surface area contributed by atoms with Crippen LogP contribution in [0.2, 0.25) is 0 Å². The van der Waals surface area contributed by atoms with Gasteiger partial charge in [-0.3, -0.25) is 19.1 Å². The molecule has 1 aromatic rings. The molecule has 0 bridgehead atoms. The van der Waals surface area contributed by atoms with Gasteiger partial charge in [0.25, 0.3) is 11.5 Å². The van der Waals surface area contributed by atoms with Crippen molar-refractivity contribution >= 4 is 46.1 Å². The van der Waals surface area contributed by atoms with Crippen LogP contribution in [0.3, 0.4) is 0 Å². The average molecular weight is 463 g/mol. The Labute approximate surface area is 191 Å². The number of aromatic nitrogens is 1. The zero-order valence-electron chi connectivity index (χ0n) is 18.3. The van der Waals surface area contributed by atoms with E-state index in [0.29, 0.717) is 52.4 Å². The highest BCUT2D eigenvalue weighted by molar-refractivity contribution is 8.26. The largest absolute Gasteiger partial charge is 0.383 e. The van der Waals surface area contributed by atoms with Crippen LogP contribution >= 0.6 is 24.0 Å². The molecule has 0 N–H and O–H groups in total. The third-order valence-corrected chi connectivity index (χ3v) is 6.73. The number of methoxy groups -OCH3 is 1. The molecule has 2 aliphatic heterocycles. The molecule has 2 aliphatic rings. The van der Waals surface area contributed by atoms with E-state index in [4.69, 9.17) is 21.7 Å². The highest BCUT2D eigenvalue weighted by Gasteiger charge is 2.33. The van der Waals surface area contributed by atoms with Crippen molar-refractivity contribution in [1.29, 1.82) is 5.26 Å². The molecule has 0 saturated carbocycles. The number of nitrogens with zero attached hydrogens (tertiary/aromatic N) is 4. The number of pyridine rings is 1. The van der Waals surface area contributed by atoms with Gasteiger partial charge in [-0.15, -0.1) is 0 Å². The molecule has 10 heteroatoms. The first-order chi connectivity index (χ1) is 14.7. The number of ether oxygens (including phenoxy) is 2. The molecule has 1 aromatic heterocycles. The number of morpholine rings is 1. The summed E-state index contributed by atoms with van der Waals surface area (Å²) in [6, 6.07) is 2.02. The lowest BCUT2D eigenvalue weighted by atomic mass is 10.0. The maximum absolute atomic E-state index is 13.0. The molecule has 2 saturated heterocycles. The van der Waals surface area contributed by atoms with E-state index in [-0.39, 0.29) is 29.2 Å². The van der Waals surface area contributed by atoms with Crippen LogP contribution in [0.15, 0.2) is 9.70 Å². The van der Waals surface area contributed by atoms with Gasteiger partial charge >= 0.3 is 0 Å². The van der Waals surface area contributed by atoms with Gasteiger partial charge in [-0.05, 0) is 32.4 Å². The highest BCUT2D eigenvalue weighted by atomic mass is 32.2. The van der Waals surface area contributed by atoms with Gasteiger partial charge in [0.2, 0.25) is 0 Å². The van der Waals surface area contributed by atoms with Gasteiger partial charge < -0.3 is 14.4 Å². The summed E-state index contributed by atoms with van der Waals surface area (Å²) in [6.07, 6.45) is 1.71. The van der Waals surface area contributed by atoms with Crippen molar-refractivity contribution in [2.75, 3.05) is 38.3 Å². The second kappa shape index (κ2) is 9.53. The predicted octanol–water partition coefficient (Wildman–Crippen LogP) is 2.03. The van der Waals surface area contributed by atoms with Gasteiger partial charge in [0.15, 0.2) is 0 Å². The van der Waals surface area contributed by atoms with Crippen LogP contribution in [-0.2, 0) is 21.3 Å². The molecule has 0 aliphatic carbocycles. The zero-order valence-corrected chi connectivity index (χ0v) is 19.9. The average Bonchev–Trinajstić information content (AvgIpc) is 2.97. The van der Waals surface area contributed by atoms with Crippen molar-refractivity contribution in [2.24, 2.45) is 7.05 Å². The van der Waals surface area contributed by atoms with Crippen molar-refractivity contribution in [3.05, 3.63) is 31.9 Å². The molecule has 31 heavy (non-hydrogen) atoms. The molecule has 3 heterocycles. The summed E-state index contributed by atoms with van der Waals surface area (Å²) in [6.45, 7) is 7.66. The highest BCUT2D eigenvalue weighted by Crippen LogP contribution is 2.36. The number of thioether (sulfide) groups is 1. The summed E-state index contributed by atoms with van der Waals surface area (Å²) in [4.78, 5) is 29.9. The monoisotopic (exact) mass is 462 g/mol. The van der Waals surface area contributed by atoms with Crippen LogP contribution in [-0.4, -0.2) is 65.3 Å². The quantitative estimate of drug-likeness (QED) is 0.485. The first-order valence-corrected chi connectivity index (χ1v) is 11.2. The van der Waals surface area contributed by atoms with Gasteiger partial charge in [0.05, 0.1) is 30.3 Å². The van der Waals surface area contributed by atoms with Crippen molar-refractivity contribution < 1.29 is 14.3 Å². The second-order valence-corrected chi connectivity index (χ2v) is 9.38. The van der Waals surface area contributed by atoms with E-state index in [2.05, 4.69) is 4.90 Å². The summed E-state index contributed by atoms with van der Waals surface area (Å²) in [5, 5.41) is 9.59. The molecule has 8 nitrogen and oxygen atoms in total. The zero-order chi connectivity index (χ0) is 22.9. The van der Waals surface area contributed by atoms with Crippen LogP contribution in [0.25, 0.3) is 6.08 Å². The number of anilines is 1. The molecule has 0 spiro atoms. The number of carbonyl (C=O) groups is 1. The Balaban J connectivity index is 2.15. The number of amides is 1. The van der Waals surface area contributed by atoms with Gasteiger partial charge in [0.1, 0.15) is 21.8 Å². The Kier molecular flexibility index (Phi) is 7.21. The fraction of sp³-hybridized carbons (Fsp3) is 0.524. The van der Waals surface area contributed by atoms with Crippen LogP contribution in [0.1, 0.15) is 30.5 Å². The molecule has 1 amide bonds. The Morgan fingerprint density at radius 3 is 2.55 bits per heavy atom. The van der Waals surface area contributed by atoms with Crippen molar-refractivity contribution in [1.82, 2.24) is 9.47 Å². The van der Waals surface area contributed by atoms with E-state index < -0.39 is 0 Å². The lowest BCUT2D eigenvalue weighted by molar-refractivity contribution is -0.122. The summed E-state index contributed by atoms with van der Waals surface area (Å²) in [5.41, 5.74) is 0.940. The fourth-order valence-electron chi connectivity index (χ4n) is 3.95. The van der Waals surface area contributed by atoms with E-state index in [1.807, 2.05) is 19.9 Å². The normalized spacial score (nSPS) is 23.0. The number of carbonyl (C=O) groups excluding carboxylic acids is 1. The van der Waals surface area contributed by atoms with Crippen LogP contribution in [0, 0.1) is 18.3 Å². The third kappa shape index (κ3) is 4.55. The summed E-state index contributed by atoms with van der Waals surface area (Å²) >= 11 is 6.59. The smallest absolute Gasteiger partial charge is 0.270 e. The molecule has 0 aromatic carbocycles. The maximum atomic E-state index is 13.0. The first-order valence-electron chi connectivity index (χ1n) is 9.98. The number of hydrogen-bond donors (Lipinski definition) is 0. The van der Waals surface area contributed by atoms with Crippen LogP contribution in [0.4, 0.5) is 5.82 Å². The van der Waals surface area contributed by atoms with Gasteiger partial charge in [-0.25, -0.2) is 0 Å². The Bertz CT molecular complexity index is 1030. The number of thiocarbonyl (C=S) groups is 1. The minimum atomic E-state index is -0.355. The molecule has 166 valence electrons. The Morgan fingerprint density at radius 2 is 1.97 bits per heavy atom. The van der Waals surface area contributed by atoms with E-state index in [9.17, 15) is 14.9 Å². The first kappa shape index (κ1) is 23.5. The number of nitriles is 1. The van der Waals surface area contributed by atoms with Gasteiger partial charge in [0, 0.05) is 32.8 Å². The van der Waals surface area contributed by atoms with Gasteiger partial charge in [-0.2, -0.15) is 5.26 Å². The fourth-order valence-corrected chi connectivity index (χ4v) is 5.24. The van der Waals surface area contributed by atoms with Crippen LogP contribution < -0.4 is 10.5 Å². The minimum absolute atomic E-state index is 0.0186. The number of rotatable bonds is 5. The standard InChI is InChI=1S/C21H26N4O4S2/c1-12-10-24(11-13(2)29-12)18-15(14(3)16(9-22)19(26)23(18)4)8-17-20(27)25(6-7-28-5)21(30)31-17/h8,12-13H,6-7,10-11H2,1-5H3/b17-8-/t12-,13-/m0/s1. The van der Waals surface area contributed by atoms with Crippen molar-refractivity contribution in [2.45, 2.75) is 33.0 Å². The topological polar surface area (TPSA) is 87.8 Å². The van der Waals surface area contributed by atoms with E-state index in [0.717, 1.165) is 0 Å². The lowest BCUT2D eigenvalue weighted by Gasteiger charge is -2.38. The molecular weight excluding hydrogens is 436 g/mol. The summed E-state index contributed by atoms with van der Waals surface area (Å²) in [7, 11) is 3.23. The summed E-state index contributed by atoms with van der Waals surface area (Å²) in [5.74, 6) is 0.471. The molecule has 3 rings (SSSR count). The number of hydrogen-bond acceptors (Lipinski definition) is 8. The lowest BCUT2D eigenvalue weighted by Crippen LogP contribution is -2.47. The molecule has 0 radical (unpaired) electrons. The second-order valence-electron chi connectivity index (χ2n) is 7.70. The third-order valence-electron chi connectivity index (χ3n) is 5.36. The van der Waals surface area contributed by atoms with Crippen molar-refractivity contribution in [3.63, 3.8) is 0 Å². The summed E-state index contributed by atoms with van der Waals surface area (Å²) < 4.78 is 12.9. The predicted molar refractivity (Wildman–Crippen MR) is 125 cm³/mol. The molecule has 2 fully saturated rings. The SMILES string of the molecule is COCCN1C(=O)/C(=C/c2c(C)c(C#N)c(=O)n(C)c2N2C[C@H](C)O[C@@H](C)C2)SC1=S. The Hall–Kier alpha value is -2.19. The van der Waals surface area contributed by atoms with E-state index in [1.165, 1.54) is 21.2 Å². The van der Waals surface area contributed by atoms with E-state index >= 15 is 0 Å². The van der Waals surface area contributed by atoms with E-state index in [1.54, 1.807) is 27.2 Å². The minimum Gasteiger partial charge on any atom is -0.383 e. The maximum Gasteiger partial charge on any atom is 0.270 e. The molecular formula is C21H26N4O4S2. The van der Waals surface area contributed by atoms with Crippen LogP contribution in [0.5, 0.6) is 0 Å². The molecule has 2 atom stereocenters. The Morgan fingerprint density at radius 1 is 1.32 bits per heavy atom. The molecule has 0 unspecified atom stereocenters. The van der Waals surface area contributed by atoms with Gasteiger partial charge in [-0.1, -0.05) is 24.0 Å². The van der Waals surface area contributed by atoms with Crippen molar-refractivity contribution in [3.8, 4) is 6.07 Å².